The molecule has 132 valence electrons. The molecular formula is C18H19NO6. The van der Waals surface area contributed by atoms with Crippen LogP contribution in [0.25, 0.3) is 12.2 Å². The first kappa shape index (κ1) is 18.4. The lowest BCUT2D eigenvalue weighted by Gasteiger charge is -2.14. The summed E-state index contributed by atoms with van der Waals surface area (Å²) >= 11 is 0. The normalized spacial score (nSPS) is 10.8. The highest BCUT2D eigenvalue weighted by Gasteiger charge is 2.09. The first-order valence-corrected chi connectivity index (χ1v) is 7.68. The van der Waals surface area contributed by atoms with Gasteiger partial charge >= 0.3 is 0 Å². The molecule has 0 aromatic heterocycles. The van der Waals surface area contributed by atoms with E-state index < -0.39 is 4.92 Å². The molecular weight excluding hydrogens is 326 g/mol. The van der Waals surface area contributed by atoms with Crippen LogP contribution in [0.3, 0.4) is 0 Å². The third-order valence-corrected chi connectivity index (χ3v) is 3.26. The zero-order chi connectivity index (χ0) is 18.1. The molecule has 7 heteroatoms. The first-order chi connectivity index (χ1) is 12.2. The van der Waals surface area contributed by atoms with Gasteiger partial charge < -0.3 is 19.7 Å². The van der Waals surface area contributed by atoms with Gasteiger partial charge in [-0.3, -0.25) is 10.1 Å². The number of ether oxygens (including phenoxy) is 2. The summed E-state index contributed by atoms with van der Waals surface area (Å²) in [6, 6.07) is 11.5. The molecule has 7 nitrogen and oxygen atoms in total. The van der Waals surface area contributed by atoms with Crippen LogP contribution in [-0.2, 0) is 0 Å². The average Bonchev–Trinajstić information content (AvgIpc) is 2.63. The number of non-ortho nitro benzene ring substituents is 1. The second-order valence-corrected chi connectivity index (χ2v) is 5.00. The molecule has 0 bridgehead atoms. The van der Waals surface area contributed by atoms with E-state index in [4.69, 9.17) is 19.7 Å². The van der Waals surface area contributed by atoms with Gasteiger partial charge in [0.15, 0.2) is 11.5 Å². The average molecular weight is 345 g/mol. The van der Waals surface area contributed by atoms with Crippen molar-refractivity contribution in [2.24, 2.45) is 0 Å². The number of nitro benzene ring substituents is 1. The van der Waals surface area contributed by atoms with Crippen LogP contribution in [0, 0.1) is 10.1 Å². The number of benzene rings is 2. The van der Waals surface area contributed by atoms with E-state index in [1.165, 1.54) is 12.1 Å². The highest BCUT2D eigenvalue weighted by atomic mass is 16.6. The zero-order valence-corrected chi connectivity index (χ0v) is 13.5. The Morgan fingerprint density at radius 1 is 0.960 bits per heavy atom. The van der Waals surface area contributed by atoms with Crippen LogP contribution in [0.2, 0.25) is 0 Å². The van der Waals surface area contributed by atoms with Crippen molar-refractivity contribution in [1.29, 1.82) is 0 Å². The molecule has 2 aromatic rings. The number of nitrogens with zero attached hydrogens (tertiary/aromatic N) is 1. The highest BCUT2D eigenvalue weighted by Crippen LogP contribution is 2.32. The van der Waals surface area contributed by atoms with Crippen molar-refractivity contribution in [2.45, 2.75) is 0 Å². The molecule has 0 fully saturated rings. The number of hydrogen-bond donors (Lipinski definition) is 2. The lowest BCUT2D eigenvalue weighted by atomic mass is 10.1. The minimum atomic E-state index is -0.448. The van der Waals surface area contributed by atoms with Gasteiger partial charge in [-0.05, 0) is 23.8 Å². The van der Waals surface area contributed by atoms with E-state index in [1.807, 2.05) is 6.07 Å². The molecule has 2 N–H and O–H groups in total. The Kier molecular flexibility index (Phi) is 6.94. The summed E-state index contributed by atoms with van der Waals surface area (Å²) in [5.41, 5.74) is 1.55. The third-order valence-electron chi connectivity index (χ3n) is 3.26. The Balaban J connectivity index is 2.25. The predicted octanol–water partition coefficient (Wildman–Crippen LogP) is 2.51. The minimum absolute atomic E-state index is 0.0310. The molecule has 2 aromatic carbocycles. The molecule has 0 atom stereocenters. The van der Waals surface area contributed by atoms with Gasteiger partial charge in [0.25, 0.3) is 5.69 Å². The number of rotatable bonds is 9. The summed E-state index contributed by atoms with van der Waals surface area (Å²) in [6.07, 6.45) is 3.58. The van der Waals surface area contributed by atoms with E-state index >= 15 is 0 Å². The van der Waals surface area contributed by atoms with Gasteiger partial charge in [0.05, 0.1) is 18.1 Å². The van der Waals surface area contributed by atoms with Crippen LogP contribution in [0.5, 0.6) is 11.5 Å². The zero-order valence-electron chi connectivity index (χ0n) is 13.5. The second-order valence-electron chi connectivity index (χ2n) is 5.00. The van der Waals surface area contributed by atoms with E-state index in [9.17, 15) is 10.1 Å². The van der Waals surface area contributed by atoms with Crippen LogP contribution < -0.4 is 9.47 Å². The van der Waals surface area contributed by atoms with Gasteiger partial charge in [-0.15, -0.1) is 0 Å². The predicted molar refractivity (Wildman–Crippen MR) is 93.6 cm³/mol. The van der Waals surface area contributed by atoms with E-state index in [-0.39, 0.29) is 32.1 Å². The summed E-state index contributed by atoms with van der Waals surface area (Å²) in [4.78, 5) is 10.2. The minimum Gasteiger partial charge on any atom is -0.487 e. The van der Waals surface area contributed by atoms with E-state index in [0.717, 1.165) is 11.1 Å². The van der Waals surface area contributed by atoms with Crippen LogP contribution in [0.1, 0.15) is 11.1 Å². The van der Waals surface area contributed by atoms with Gasteiger partial charge in [0.2, 0.25) is 0 Å². The Morgan fingerprint density at radius 3 is 2.28 bits per heavy atom. The van der Waals surface area contributed by atoms with Crippen molar-refractivity contribution >= 4 is 17.8 Å². The SMILES string of the molecule is O=[N+]([O-])c1ccc(C=Cc2cccc(OCCO)c2OCCO)cc1. The van der Waals surface area contributed by atoms with Gasteiger partial charge in [-0.25, -0.2) is 0 Å². The number of hydrogen-bond acceptors (Lipinski definition) is 6. The van der Waals surface area contributed by atoms with Crippen LogP contribution >= 0.6 is 0 Å². The summed E-state index contributed by atoms with van der Waals surface area (Å²) in [6.45, 7) is -0.0228. The molecule has 0 saturated carbocycles. The van der Waals surface area contributed by atoms with Gasteiger partial charge in [-0.1, -0.05) is 24.3 Å². The number of para-hydroxylation sites is 1. The Bertz CT molecular complexity index is 727. The smallest absolute Gasteiger partial charge is 0.269 e. The number of aliphatic hydroxyl groups excluding tert-OH is 2. The van der Waals surface area contributed by atoms with Crippen molar-refractivity contribution in [1.82, 2.24) is 0 Å². The molecule has 0 heterocycles. The molecule has 0 spiro atoms. The summed E-state index contributed by atoms with van der Waals surface area (Å²) < 4.78 is 11.0. The fourth-order valence-corrected chi connectivity index (χ4v) is 2.13. The lowest BCUT2D eigenvalue weighted by Crippen LogP contribution is -2.07. The maximum Gasteiger partial charge on any atom is 0.269 e. The summed E-state index contributed by atoms with van der Waals surface area (Å²) in [5, 5.41) is 28.6. The molecule has 25 heavy (non-hydrogen) atoms. The Morgan fingerprint density at radius 2 is 1.64 bits per heavy atom. The monoisotopic (exact) mass is 345 g/mol. The molecule has 0 radical (unpaired) electrons. The van der Waals surface area contributed by atoms with E-state index in [1.54, 1.807) is 36.4 Å². The number of nitro groups is 1. The van der Waals surface area contributed by atoms with Crippen LogP contribution in [0.4, 0.5) is 5.69 Å². The molecule has 0 unspecified atom stereocenters. The molecule has 0 amide bonds. The van der Waals surface area contributed by atoms with E-state index in [2.05, 4.69) is 0 Å². The standard InChI is InChI=1S/C18H19NO6/c20-10-12-24-17-3-1-2-15(18(17)25-13-11-21)7-4-14-5-8-16(9-6-14)19(22)23/h1-9,20-21H,10-13H2. The van der Waals surface area contributed by atoms with Crippen LogP contribution in [-0.4, -0.2) is 41.6 Å². The fraction of sp³-hybridized carbons (Fsp3) is 0.222. The topological polar surface area (TPSA) is 102 Å². The molecule has 0 aliphatic rings. The molecule has 2 rings (SSSR count). The van der Waals surface area contributed by atoms with Gasteiger partial charge in [0, 0.05) is 17.7 Å². The maximum absolute atomic E-state index is 10.7. The Labute approximate surface area is 144 Å². The molecule has 0 aliphatic carbocycles. The van der Waals surface area contributed by atoms with Crippen LogP contribution in [0.15, 0.2) is 42.5 Å². The second kappa shape index (κ2) is 9.41. The van der Waals surface area contributed by atoms with Crippen molar-refractivity contribution in [3.05, 3.63) is 63.7 Å². The lowest BCUT2D eigenvalue weighted by molar-refractivity contribution is -0.384. The largest absolute Gasteiger partial charge is 0.487 e. The number of aliphatic hydroxyl groups is 2. The maximum atomic E-state index is 10.7. The molecule has 0 saturated heterocycles. The first-order valence-electron chi connectivity index (χ1n) is 7.68. The molecule has 0 aliphatic heterocycles. The summed E-state index contributed by atoms with van der Waals surface area (Å²) in [7, 11) is 0. The van der Waals surface area contributed by atoms with Gasteiger partial charge in [0.1, 0.15) is 13.2 Å². The fourth-order valence-electron chi connectivity index (χ4n) is 2.13. The quantitative estimate of drug-likeness (QED) is 0.411. The van der Waals surface area contributed by atoms with E-state index in [0.29, 0.717) is 11.5 Å². The third kappa shape index (κ3) is 5.30. The van der Waals surface area contributed by atoms with Crippen molar-refractivity contribution in [3.8, 4) is 11.5 Å². The van der Waals surface area contributed by atoms with Crippen molar-refractivity contribution in [3.63, 3.8) is 0 Å². The highest BCUT2D eigenvalue weighted by molar-refractivity contribution is 5.74. The van der Waals surface area contributed by atoms with Crippen molar-refractivity contribution < 1.29 is 24.6 Å². The van der Waals surface area contributed by atoms with Gasteiger partial charge in [-0.2, -0.15) is 0 Å². The Hall–Kier alpha value is -2.90. The van der Waals surface area contributed by atoms with Crippen molar-refractivity contribution in [2.75, 3.05) is 26.4 Å². The summed E-state index contributed by atoms with van der Waals surface area (Å²) in [5.74, 6) is 0.927.